The lowest BCUT2D eigenvalue weighted by molar-refractivity contribution is -0.195. The van der Waals surface area contributed by atoms with E-state index >= 15 is 0 Å². The van der Waals surface area contributed by atoms with Gasteiger partial charge >= 0.3 is 21.1 Å². The van der Waals surface area contributed by atoms with Crippen LogP contribution >= 0.6 is 0 Å². The summed E-state index contributed by atoms with van der Waals surface area (Å²) in [5, 5.41) is -3.49. The van der Waals surface area contributed by atoms with Crippen molar-refractivity contribution in [3.05, 3.63) is 0 Å². The second-order valence-corrected chi connectivity index (χ2v) is 8.43. The van der Waals surface area contributed by atoms with Gasteiger partial charge in [0.05, 0.1) is 0 Å². The minimum Gasteiger partial charge on any atom is -0.456 e. The maximum atomic E-state index is 14.0. The van der Waals surface area contributed by atoms with Crippen LogP contribution in [0, 0.1) is 17.8 Å². The van der Waals surface area contributed by atoms with E-state index in [-0.39, 0.29) is 23.5 Å². The van der Waals surface area contributed by atoms with Crippen LogP contribution < -0.4 is 0 Å². The maximum absolute atomic E-state index is 14.0. The van der Waals surface area contributed by atoms with E-state index in [0.717, 1.165) is 12.8 Å². The van der Waals surface area contributed by atoms with Gasteiger partial charge in [-0.15, -0.1) is 0 Å². The van der Waals surface area contributed by atoms with E-state index in [1.54, 1.807) is 0 Å². The van der Waals surface area contributed by atoms with E-state index in [0.29, 0.717) is 26.2 Å². The number of alkyl halides is 1. The molecule has 4 aliphatic carbocycles. The Labute approximate surface area is 121 Å². The Morgan fingerprint density at radius 3 is 2.33 bits per heavy atom. The van der Waals surface area contributed by atoms with Gasteiger partial charge in [-0.3, -0.25) is 9.35 Å². The van der Waals surface area contributed by atoms with Crippen molar-refractivity contribution in [1.29, 1.82) is 0 Å². The van der Waals surface area contributed by atoms with Gasteiger partial charge in [-0.05, 0) is 44.9 Å². The third-order valence-corrected chi connectivity index (χ3v) is 6.23. The summed E-state index contributed by atoms with van der Waals surface area (Å²) < 4.78 is 49.9. The van der Waals surface area contributed by atoms with Crippen LogP contribution in [-0.4, -0.2) is 35.3 Å². The fraction of sp³-hybridized carbons (Fsp3) is 0.846. The zero-order chi connectivity index (χ0) is 15.6. The first-order valence-corrected chi connectivity index (χ1v) is 8.41. The first-order valence-electron chi connectivity index (χ1n) is 6.97. The van der Waals surface area contributed by atoms with Gasteiger partial charge in [0.25, 0.3) is 0 Å². The van der Waals surface area contributed by atoms with Crippen LogP contribution in [-0.2, 0) is 24.4 Å². The summed E-state index contributed by atoms with van der Waals surface area (Å²) in [6.07, 6.45) is 2.71. The molecular weight excluding hydrogens is 303 g/mol. The molecule has 0 aromatic carbocycles. The van der Waals surface area contributed by atoms with Crippen molar-refractivity contribution < 1.29 is 31.7 Å². The molecule has 0 amide bonds. The number of halogens is 1. The normalized spacial score (nSPS) is 40.9. The van der Waals surface area contributed by atoms with E-state index < -0.39 is 26.7 Å². The van der Waals surface area contributed by atoms with Crippen LogP contribution in [0.1, 0.15) is 39.0 Å². The SMILES string of the molecule is CC(F)(C(=O)OC12CC3CC(C1)C(=O)C(C3)C2)S(=O)(=O)O. The molecule has 8 heteroatoms. The fourth-order valence-corrected chi connectivity index (χ4v) is 4.45. The molecule has 4 fully saturated rings. The van der Waals surface area contributed by atoms with E-state index in [1.165, 1.54) is 0 Å². The zero-order valence-corrected chi connectivity index (χ0v) is 12.4. The maximum Gasteiger partial charge on any atom is 0.362 e. The molecule has 0 aliphatic heterocycles. The van der Waals surface area contributed by atoms with Crippen LogP contribution in [0.4, 0.5) is 4.39 Å². The summed E-state index contributed by atoms with van der Waals surface area (Å²) in [5.74, 6) is -1.53. The molecule has 1 N–H and O–H groups in total. The van der Waals surface area contributed by atoms with Crippen LogP contribution in [0.3, 0.4) is 0 Å². The molecule has 3 unspecified atom stereocenters. The van der Waals surface area contributed by atoms with Crippen molar-refractivity contribution in [2.75, 3.05) is 0 Å². The zero-order valence-electron chi connectivity index (χ0n) is 11.5. The van der Waals surface area contributed by atoms with E-state index in [2.05, 4.69) is 0 Å². The average molecular weight is 320 g/mol. The van der Waals surface area contributed by atoms with E-state index in [9.17, 15) is 22.4 Å². The number of ether oxygens (including phenoxy) is 1. The Balaban J connectivity index is 1.83. The molecule has 0 aromatic heterocycles. The number of Topliss-reactive ketones (excluding diaryl/α,β-unsaturated/α-hetero) is 1. The van der Waals surface area contributed by atoms with Gasteiger partial charge in [0.2, 0.25) is 0 Å². The Hall–Kier alpha value is -1.02. The molecule has 6 nitrogen and oxygen atoms in total. The Morgan fingerprint density at radius 2 is 1.86 bits per heavy atom. The molecule has 4 rings (SSSR count). The minimum absolute atomic E-state index is 0.176. The number of carbonyl (C=O) groups is 2. The highest BCUT2D eigenvalue weighted by Crippen LogP contribution is 2.55. The van der Waals surface area contributed by atoms with Gasteiger partial charge in [0, 0.05) is 11.8 Å². The van der Waals surface area contributed by atoms with Crippen molar-refractivity contribution in [2.45, 2.75) is 49.6 Å². The second-order valence-electron chi connectivity index (χ2n) is 6.71. The van der Waals surface area contributed by atoms with Crippen molar-refractivity contribution >= 4 is 21.9 Å². The highest BCUT2D eigenvalue weighted by atomic mass is 32.2. The van der Waals surface area contributed by atoms with Crippen molar-refractivity contribution in [3.8, 4) is 0 Å². The first-order chi connectivity index (χ1) is 9.54. The Kier molecular flexibility index (Phi) is 3.02. The van der Waals surface area contributed by atoms with Gasteiger partial charge in [-0.2, -0.15) is 8.42 Å². The predicted molar refractivity (Wildman–Crippen MR) is 68.4 cm³/mol. The standard InChI is InChI=1S/C13H17FO6S/c1-12(14,21(17,18)19)11(16)20-13-4-7-2-8(5-13)10(15)9(3-7)6-13/h7-9H,2-6H2,1H3,(H,17,18,19). The Bertz CT molecular complexity index is 592. The quantitative estimate of drug-likeness (QED) is 0.621. The summed E-state index contributed by atoms with van der Waals surface area (Å²) in [7, 11) is -5.20. The molecule has 3 atom stereocenters. The molecular formula is C13H17FO6S. The highest BCUT2D eigenvalue weighted by molar-refractivity contribution is 7.87. The number of hydrogen-bond donors (Lipinski definition) is 1. The third kappa shape index (κ3) is 2.19. The number of carbonyl (C=O) groups excluding carboxylic acids is 2. The lowest BCUT2D eigenvalue weighted by atomic mass is 9.53. The third-order valence-electron chi connectivity index (χ3n) is 5.10. The summed E-state index contributed by atoms with van der Waals surface area (Å²) in [4.78, 5) is 23.9. The first kappa shape index (κ1) is 14.9. The molecule has 0 radical (unpaired) electrons. The monoisotopic (exact) mass is 320 g/mol. The number of ketones is 1. The number of esters is 1. The fourth-order valence-electron chi connectivity index (χ4n) is 4.19. The second kappa shape index (κ2) is 4.25. The Morgan fingerprint density at radius 1 is 1.33 bits per heavy atom. The number of rotatable bonds is 3. The van der Waals surface area contributed by atoms with Gasteiger partial charge < -0.3 is 4.74 Å². The van der Waals surface area contributed by atoms with Crippen LogP contribution in [0.5, 0.6) is 0 Å². The summed E-state index contributed by atoms with van der Waals surface area (Å²) in [6, 6.07) is 0. The molecule has 0 saturated heterocycles. The topological polar surface area (TPSA) is 97.7 Å². The van der Waals surface area contributed by atoms with Crippen LogP contribution in [0.15, 0.2) is 0 Å². The van der Waals surface area contributed by atoms with Crippen molar-refractivity contribution in [1.82, 2.24) is 0 Å². The molecule has 0 heterocycles. The lowest BCUT2D eigenvalue weighted by Gasteiger charge is -2.54. The summed E-state index contributed by atoms with van der Waals surface area (Å²) in [6.45, 7) is 0.469. The molecule has 4 aliphatic rings. The van der Waals surface area contributed by atoms with Crippen molar-refractivity contribution in [2.24, 2.45) is 17.8 Å². The molecule has 4 bridgehead atoms. The molecule has 0 aromatic rings. The van der Waals surface area contributed by atoms with Gasteiger partial charge in [0.1, 0.15) is 11.4 Å². The molecule has 0 spiro atoms. The molecule has 118 valence electrons. The largest absolute Gasteiger partial charge is 0.456 e. The van der Waals surface area contributed by atoms with Crippen LogP contribution in [0.2, 0.25) is 0 Å². The van der Waals surface area contributed by atoms with E-state index in [1.807, 2.05) is 0 Å². The summed E-state index contributed by atoms with van der Waals surface area (Å²) >= 11 is 0. The highest BCUT2D eigenvalue weighted by Gasteiger charge is 2.59. The average Bonchev–Trinajstić information content (AvgIpc) is 2.32. The van der Waals surface area contributed by atoms with Gasteiger partial charge in [-0.1, -0.05) is 0 Å². The lowest BCUT2D eigenvalue weighted by Crippen LogP contribution is -2.58. The smallest absolute Gasteiger partial charge is 0.362 e. The summed E-state index contributed by atoms with van der Waals surface area (Å²) in [5.41, 5.74) is -0.959. The molecule has 21 heavy (non-hydrogen) atoms. The number of hydrogen-bond acceptors (Lipinski definition) is 5. The van der Waals surface area contributed by atoms with Crippen molar-refractivity contribution in [3.63, 3.8) is 0 Å². The van der Waals surface area contributed by atoms with Gasteiger partial charge in [0.15, 0.2) is 0 Å². The minimum atomic E-state index is -5.20. The van der Waals surface area contributed by atoms with E-state index in [4.69, 9.17) is 9.29 Å². The molecule has 4 saturated carbocycles. The van der Waals surface area contributed by atoms with Crippen LogP contribution in [0.25, 0.3) is 0 Å². The van der Waals surface area contributed by atoms with Gasteiger partial charge in [-0.25, -0.2) is 9.18 Å². The predicted octanol–water partition coefficient (Wildman–Crippen LogP) is 1.25.